The molecule has 1 saturated carbocycles. The van der Waals surface area contributed by atoms with Crippen molar-refractivity contribution >= 4 is 0 Å². The quantitative estimate of drug-likeness (QED) is 0.912. The summed E-state index contributed by atoms with van der Waals surface area (Å²) in [7, 11) is 1.94. The summed E-state index contributed by atoms with van der Waals surface area (Å²) in [6, 6.07) is 4.42. The highest BCUT2D eigenvalue weighted by Gasteiger charge is 2.28. The normalized spacial score (nSPS) is 25.6. The minimum absolute atomic E-state index is 0.167. The van der Waals surface area contributed by atoms with Crippen molar-refractivity contribution in [3.05, 3.63) is 35.4 Å². The number of benzene rings is 1. The third kappa shape index (κ3) is 3.12. The van der Waals surface area contributed by atoms with Crippen LogP contribution >= 0.6 is 0 Å². The molecule has 19 heavy (non-hydrogen) atoms. The van der Waals surface area contributed by atoms with Crippen LogP contribution in [0, 0.1) is 11.6 Å². The molecular weight excluding hydrogens is 246 g/mol. The van der Waals surface area contributed by atoms with E-state index in [-0.39, 0.29) is 17.6 Å². The number of hydrogen-bond donors (Lipinski definition) is 1. The molecule has 0 heterocycles. The monoisotopic (exact) mass is 268 g/mol. The van der Waals surface area contributed by atoms with Gasteiger partial charge < -0.3 is 5.73 Å². The lowest BCUT2D eigenvalue weighted by molar-refractivity contribution is 0.136. The van der Waals surface area contributed by atoms with Gasteiger partial charge in [0.2, 0.25) is 0 Å². The Labute approximate surface area is 113 Å². The zero-order chi connectivity index (χ0) is 14.0. The zero-order valence-electron chi connectivity index (χ0n) is 11.6. The molecule has 106 valence electrons. The molecule has 2 N–H and O–H groups in total. The maximum Gasteiger partial charge on any atom is 0.130 e. The topological polar surface area (TPSA) is 29.3 Å². The molecule has 2 nitrogen and oxygen atoms in total. The van der Waals surface area contributed by atoms with Gasteiger partial charge >= 0.3 is 0 Å². The first-order valence-electron chi connectivity index (χ1n) is 6.92. The van der Waals surface area contributed by atoms with E-state index in [9.17, 15) is 8.78 Å². The first kappa shape index (κ1) is 14.4. The molecule has 1 aromatic carbocycles. The molecule has 1 atom stereocenters. The molecule has 0 aromatic heterocycles. The smallest absolute Gasteiger partial charge is 0.130 e. The van der Waals surface area contributed by atoms with Crippen LogP contribution in [0.3, 0.4) is 0 Å². The van der Waals surface area contributed by atoms with E-state index in [2.05, 4.69) is 4.90 Å². The van der Waals surface area contributed by atoms with E-state index in [0.717, 1.165) is 25.7 Å². The molecule has 0 saturated heterocycles. The van der Waals surface area contributed by atoms with E-state index in [0.29, 0.717) is 6.04 Å². The Bertz CT molecular complexity index is 408. The lowest BCUT2D eigenvalue weighted by Crippen LogP contribution is -2.40. The molecular formula is C15H22F2N2. The van der Waals surface area contributed by atoms with Crippen molar-refractivity contribution in [1.82, 2.24) is 4.90 Å². The lowest BCUT2D eigenvalue weighted by Gasteiger charge is -2.37. The second-order valence-corrected chi connectivity index (χ2v) is 5.55. The molecule has 1 aliphatic carbocycles. The van der Waals surface area contributed by atoms with Gasteiger partial charge in [-0.25, -0.2) is 8.78 Å². The summed E-state index contributed by atoms with van der Waals surface area (Å²) in [5.74, 6) is -0.932. The summed E-state index contributed by atoms with van der Waals surface area (Å²) in [6.45, 7) is 1.86. The van der Waals surface area contributed by atoms with Crippen LogP contribution in [-0.2, 0) is 0 Å². The molecule has 0 aliphatic heterocycles. The minimum Gasteiger partial charge on any atom is -0.328 e. The minimum atomic E-state index is -0.466. The van der Waals surface area contributed by atoms with Crippen molar-refractivity contribution in [3.8, 4) is 0 Å². The fourth-order valence-electron chi connectivity index (χ4n) is 2.94. The summed E-state index contributed by atoms with van der Waals surface area (Å²) in [5, 5.41) is 0. The third-order valence-corrected chi connectivity index (χ3v) is 4.35. The average molecular weight is 268 g/mol. The van der Waals surface area contributed by atoms with Crippen molar-refractivity contribution in [2.45, 2.75) is 50.7 Å². The van der Waals surface area contributed by atoms with Crippen LogP contribution in [0.5, 0.6) is 0 Å². The van der Waals surface area contributed by atoms with Crippen molar-refractivity contribution < 1.29 is 8.78 Å². The van der Waals surface area contributed by atoms with Crippen LogP contribution in [0.2, 0.25) is 0 Å². The van der Waals surface area contributed by atoms with Crippen molar-refractivity contribution in [1.29, 1.82) is 0 Å². The van der Waals surface area contributed by atoms with Crippen molar-refractivity contribution in [2.75, 3.05) is 7.05 Å². The van der Waals surface area contributed by atoms with Gasteiger partial charge in [0.15, 0.2) is 0 Å². The van der Waals surface area contributed by atoms with E-state index in [1.54, 1.807) is 0 Å². The molecule has 1 unspecified atom stereocenters. The Kier molecular flexibility index (Phi) is 4.53. The maximum absolute atomic E-state index is 13.8. The Morgan fingerprint density at radius 3 is 2.21 bits per heavy atom. The summed E-state index contributed by atoms with van der Waals surface area (Å²) < 4.78 is 27.6. The third-order valence-electron chi connectivity index (χ3n) is 4.35. The number of hydrogen-bond acceptors (Lipinski definition) is 2. The van der Waals surface area contributed by atoms with E-state index in [1.165, 1.54) is 18.2 Å². The van der Waals surface area contributed by atoms with Crippen LogP contribution in [0.15, 0.2) is 18.2 Å². The standard InChI is InChI=1S/C15H22F2N2/c1-10(15-13(16)4-3-5-14(15)17)19(2)12-8-6-11(18)7-9-12/h3-5,10-12H,6-9,18H2,1-2H3. The van der Waals surface area contributed by atoms with Gasteiger partial charge in [0, 0.05) is 23.7 Å². The van der Waals surface area contributed by atoms with E-state index in [1.807, 2.05) is 14.0 Å². The van der Waals surface area contributed by atoms with Gasteiger partial charge in [-0.2, -0.15) is 0 Å². The molecule has 1 aliphatic rings. The maximum atomic E-state index is 13.8. The SMILES string of the molecule is CC(c1c(F)cccc1F)N(C)C1CCC(N)CC1. The summed E-state index contributed by atoms with van der Waals surface area (Å²) in [4.78, 5) is 2.08. The summed E-state index contributed by atoms with van der Waals surface area (Å²) >= 11 is 0. The highest BCUT2D eigenvalue weighted by atomic mass is 19.1. The van der Waals surface area contributed by atoms with Gasteiger partial charge in [-0.3, -0.25) is 4.90 Å². The van der Waals surface area contributed by atoms with Crippen molar-refractivity contribution in [3.63, 3.8) is 0 Å². The van der Waals surface area contributed by atoms with Crippen LogP contribution in [-0.4, -0.2) is 24.0 Å². The molecule has 0 spiro atoms. The summed E-state index contributed by atoms with van der Waals surface area (Å²) in [6.07, 6.45) is 3.97. The van der Waals surface area contributed by atoms with Gasteiger partial charge in [0.25, 0.3) is 0 Å². The van der Waals surface area contributed by atoms with E-state index < -0.39 is 11.6 Å². The molecule has 0 bridgehead atoms. The van der Waals surface area contributed by atoms with Crippen LogP contribution < -0.4 is 5.73 Å². The second kappa shape index (κ2) is 5.97. The Hall–Kier alpha value is -1.00. The van der Waals surface area contributed by atoms with Gasteiger partial charge in [0.1, 0.15) is 11.6 Å². The van der Waals surface area contributed by atoms with E-state index in [4.69, 9.17) is 5.73 Å². The Balaban J connectivity index is 2.12. The fourth-order valence-corrected chi connectivity index (χ4v) is 2.94. The van der Waals surface area contributed by atoms with Crippen LogP contribution in [0.1, 0.15) is 44.2 Å². The van der Waals surface area contributed by atoms with Gasteiger partial charge in [-0.1, -0.05) is 6.07 Å². The zero-order valence-corrected chi connectivity index (χ0v) is 11.6. The largest absolute Gasteiger partial charge is 0.328 e. The number of nitrogens with two attached hydrogens (primary N) is 1. The predicted molar refractivity (Wildman–Crippen MR) is 72.8 cm³/mol. The second-order valence-electron chi connectivity index (χ2n) is 5.55. The summed E-state index contributed by atoms with van der Waals surface area (Å²) in [5.41, 5.74) is 6.06. The van der Waals surface area contributed by atoms with Gasteiger partial charge in [-0.15, -0.1) is 0 Å². The predicted octanol–water partition coefficient (Wildman–Crippen LogP) is 3.23. The first-order valence-corrected chi connectivity index (χ1v) is 6.92. The van der Waals surface area contributed by atoms with Crippen LogP contribution in [0.25, 0.3) is 0 Å². The van der Waals surface area contributed by atoms with Gasteiger partial charge in [0.05, 0.1) is 0 Å². The number of rotatable bonds is 3. The van der Waals surface area contributed by atoms with Gasteiger partial charge in [-0.05, 0) is 51.8 Å². The molecule has 0 radical (unpaired) electrons. The highest BCUT2D eigenvalue weighted by Crippen LogP contribution is 2.30. The highest BCUT2D eigenvalue weighted by molar-refractivity contribution is 5.23. The average Bonchev–Trinajstić information content (AvgIpc) is 2.38. The lowest BCUT2D eigenvalue weighted by atomic mass is 9.89. The molecule has 1 aromatic rings. The van der Waals surface area contributed by atoms with E-state index >= 15 is 0 Å². The Morgan fingerprint density at radius 2 is 1.68 bits per heavy atom. The first-order chi connectivity index (χ1) is 9.00. The van der Waals surface area contributed by atoms with Crippen LogP contribution in [0.4, 0.5) is 8.78 Å². The molecule has 0 amide bonds. The number of nitrogens with zero attached hydrogens (tertiary/aromatic N) is 1. The fraction of sp³-hybridized carbons (Fsp3) is 0.600. The number of halogens is 2. The molecule has 2 rings (SSSR count). The Morgan fingerprint density at radius 1 is 1.16 bits per heavy atom. The van der Waals surface area contributed by atoms with Crippen molar-refractivity contribution in [2.24, 2.45) is 5.73 Å². The molecule has 1 fully saturated rings. The molecule has 4 heteroatoms.